The molecule has 68 valence electrons. The summed E-state index contributed by atoms with van der Waals surface area (Å²) >= 11 is 0. The summed E-state index contributed by atoms with van der Waals surface area (Å²) in [5.74, 6) is 0.447. The summed E-state index contributed by atoms with van der Waals surface area (Å²) in [6.45, 7) is 4.26. The number of amides is 1. The zero-order valence-corrected chi connectivity index (χ0v) is 7.63. The highest BCUT2D eigenvalue weighted by molar-refractivity contribution is 5.83. The van der Waals surface area contributed by atoms with Crippen LogP contribution in [0.2, 0.25) is 0 Å². The van der Waals surface area contributed by atoms with Crippen LogP contribution in [-0.4, -0.2) is 18.0 Å². The zero-order valence-electron chi connectivity index (χ0n) is 7.63. The lowest BCUT2D eigenvalue weighted by molar-refractivity contribution is -0.123. The van der Waals surface area contributed by atoms with Crippen molar-refractivity contribution in [2.24, 2.45) is 17.1 Å². The maximum absolute atomic E-state index is 11.5. The maximum atomic E-state index is 11.5. The number of carbonyl (C=O) groups is 1. The van der Waals surface area contributed by atoms with Crippen LogP contribution in [-0.2, 0) is 4.79 Å². The Morgan fingerprint density at radius 2 is 2.08 bits per heavy atom. The van der Waals surface area contributed by atoms with Crippen LogP contribution in [0.4, 0.5) is 0 Å². The second-order valence-corrected chi connectivity index (χ2v) is 4.76. The number of hydrogen-bond donors (Lipinski definition) is 2. The normalized spacial score (nSPS) is 42.1. The van der Waals surface area contributed by atoms with Gasteiger partial charge in [0.15, 0.2) is 0 Å². The largest absolute Gasteiger partial charge is 0.351 e. The van der Waals surface area contributed by atoms with Crippen molar-refractivity contribution in [3.05, 3.63) is 0 Å². The van der Waals surface area contributed by atoms with E-state index in [1.165, 1.54) is 0 Å². The molecule has 0 heterocycles. The minimum absolute atomic E-state index is 0.206. The number of nitrogens with one attached hydrogen (secondary N) is 1. The second-order valence-electron chi connectivity index (χ2n) is 4.76. The Hall–Kier alpha value is -0.570. The molecular formula is C9H16N2O. The van der Waals surface area contributed by atoms with Crippen LogP contribution in [0.3, 0.4) is 0 Å². The first-order valence-electron chi connectivity index (χ1n) is 4.57. The van der Waals surface area contributed by atoms with Crippen LogP contribution in [0.25, 0.3) is 0 Å². The average Bonchev–Trinajstić information content (AvgIpc) is 2.75. The monoisotopic (exact) mass is 168 g/mol. The van der Waals surface area contributed by atoms with E-state index in [1.54, 1.807) is 0 Å². The number of hydrogen-bond acceptors (Lipinski definition) is 2. The van der Waals surface area contributed by atoms with Gasteiger partial charge >= 0.3 is 0 Å². The van der Waals surface area contributed by atoms with Crippen molar-refractivity contribution in [2.75, 3.05) is 0 Å². The van der Waals surface area contributed by atoms with E-state index in [2.05, 4.69) is 19.2 Å². The van der Waals surface area contributed by atoms with E-state index in [9.17, 15) is 4.79 Å². The van der Waals surface area contributed by atoms with Crippen molar-refractivity contribution < 1.29 is 4.79 Å². The molecule has 0 bridgehead atoms. The molecule has 3 atom stereocenters. The number of carbonyl (C=O) groups excluding carboxylic acids is 1. The topological polar surface area (TPSA) is 55.1 Å². The smallest absolute Gasteiger partial charge is 0.223 e. The van der Waals surface area contributed by atoms with Gasteiger partial charge in [-0.25, -0.2) is 0 Å². The van der Waals surface area contributed by atoms with Gasteiger partial charge < -0.3 is 11.1 Å². The summed E-state index contributed by atoms with van der Waals surface area (Å²) in [7, 11) is 0. The van der Waals surface area contributed by atoms with E-state index in [0.29, 0.717) is 0 Å². The summed E-state index contributed by atoms with van der Waals surface area (Å²) in [5, 5.41) is 2.96. The Balaban J connectivity index is 1.79. The third-order valence-electron chi connectivity index (χ3n) is 3.00. The van der Waals surface area contributed by atoms with E-state index < -0.39 is 0 Å². The van der Waals surface area contributed by atoms with E-state index in [4.69, 9.17) is 5.73 Å². The Kier molecular flexibility index (Phi) is 1.49. The summed E-state index contributed by atoms with van der Waals surface area (Å²) in [6, 6.07) is 0.490. The molecule has 0 aromatic heterocycles. The number of nitrogens with two attached hydrogens (primary N) is 1. The van der Waals surface area contributed by atoms with Gasteiger partial charge in [0.1, 0.15) is 0 Å². The standard InChI is InChI=1S/C9H16N2O/c1-9(2)4-5(9)8(12)11-7-3-6(7)10/h5-7H,3-4,10H2,1-2H3,(H,11,12). The predicted octanol–water partition coefficient (Wildman–Crippen LogP) is 0.248. The summed E-state index contributed by atoms with van der Waals surface area (Å²) in [6.07, 6.45) is 1.99. The van der Waals surface area contributed by atoms with Crippen molar-refractivity contribution in [3.63, 3.8) is 0 Å². The predicted molar refractivity (Wildman–Crippen MR) is 46.4 cm³/mol. The SMILES string of the molecule is CC1(C)CC1C(=O)NC1CC1N. The van der Waals surface area contributed by atoms with Gasteiger partial charge in [0.2, 0.25) is 5.91 Å². The van der Waals surface area contributed by atoms with Gasteiger partial charge in [-0.05, 0) is 18.3 Å². The van der Waals surface area contributed by atoms with Crippen molar-refractivity contribution in [1.82, 2.24) is 5.32 Å². The summed E-state index contributed by atoms with van der Waals surface area (Å²) in [5.41, 5.74) is 5.83. The van der Waals surface area contributed by atoms with Crippen molar-refractivity contribution in [3.8, 4) is 0 Å². The summed E-state index contributed by atoms with van der Waals surface area (Å²) < 4.78 is 0. The first kappa shape index (κ1) is 8.05. The highest BCUT2D eigenvalue weighted by atomic mass is 16.2. The van der Waals surface area contributed by atoms with Crippen molar-refractivity contribution in [1.29, 1.82) is 0 Å². The first-order chi connectivity index (χ1) is 5.50. The molecule has 0 radical (unpaired) electrons. The molecule has 0 spiro atoms. The molecule has 2 fully saturated rings. The Labute approximate surface area is 72.7 Å². The van der Waals surface area contributed by atoms with Crippen LogP contribution in [0.15, 0.2) is 0 Å². The quantitative estimate of drug-likeness (QED) is 0.621. The van der Waals surface area contributed by atoms with Gasteiger partial charge in [0.05, 0.1) is 0 Å². The van der Waals surface area contributed by atoms with Gasteiger partial charge in [0, 0.05) is 18.0 Å². The fourth-order valence-corrected chi connectivity index (χ4v) is 1.58. The molecule has 0 aromatic rings. The van der Waals surface area contributed by atoms with Crippen LogP contribution >= 0.6 is 0 Å². The molecule has 1 amide bonds. The van der Waals surface area contributed by atoms with Crippen molar-refractivity contribution in [2.45, 2.75) is 38.8 Å². The maximum Gasteiger partial charge on any atom is 0.223 e. The average molecular weight is 168 g/mol. The zero-order chi connectivity index (χ0) is 8.93. The molecule has 12 heavy (non-hydrogen) atoms. The van der Waals surface area contributed by atoms with Crippen molar-refractivity contribution >= 4 is 5.91 Å². The summed E-state index contributed by atoms with van der Waals surface area (Å²) in [4.78, 5) is 11.5. The highest BCUT2D eigenvalue weighted by Gasteiger charge is 2.51. The molecule has 3 unspecified atom stereocenters. The van der Waals surface area contributed by atoms with E-state index >= 15 is 0 Å². The van der Waals surface area contributed by atoms with Crippen LogP contribution in [0.5, 0.6) is 0 Å². The lowest BCUT2D eigenvalue weighted by atomic mass is 10.1. The molecule has 2 aliphatic rings. The minimum atomic E-state index is 0.206. The van der Waals surface area contributed by atoms with Crippen LogP contribution in [0, 0.1) is 11.3 Å². The molecule has 2 rings (SSSR count). The molecule has 0 aliphatic heterocycles. The van der Waals surface area contributed by atoms with Gasteiger partial charge in [-0.3, -0.25) is 4.79 Å². The van der Waals surface area contributed by atoms with Crippen LogP contribution < -0.4 is 11.1 Å². The molecular weight excluding hydrogens is 152 g/mol. The molecule has 2 aliphatic carbocycles. The lowest BCUT2D eigenvalue weighted by Gasteiger charge is -2.04. The molecule has 3 N–H and O–H groups in total. The first-order valence-corrected chi connectivity index (χ1v) is 4.57. The van der Waals surface area contributed by atoms with Crippen LogP contribution in [0.1, 0.15) is 26.7 Å². The van der Waals surface area contributed by atoms with Gasteiger partial charge in [0.25, 0.3) is 0 Å². The third-order valence-corrected chi connectivity index (χ3v) is 3.00. The Morgan fingerprint density at radius 1 is 1.58 bits per heavy atom. The molecule has 3 nitrogen and oxygen atoms in total. The van der Waals surface area contributed by atoms with E-state index in [-0.39, 0.29) is 29.3 Å². The fourth-order valence-electron chi connectivity index (χ4n) is 1.58. The van der Waals surface area contributed by atoms with E-state index in [0.717, 1.165) is 12.8 Å². The molecule has 2 saturated carbocycles. The molecule has 0 saturated heterocycles. The van der Waals surface area contributed by atoms with Gasteiger partial charge in [-0.2, -0.15) is 0 Å². The second kappa shape index (κ2) is 2.22. The molecule has 3 heteroatoms. The fraction of sp³-hybridized carbons (Fsp3) is 0.889. The third kappa shape index (κ3) is 1.33. The lowest BCUT2D eigenvalue weighted by Crippen LogP contribution is -2.31. The van der Waals surface area contributed by atoms with Gasteiger partial charge in [-0.15, -0.1) is 0 Å². The Bertz CT molecular complexity index is 225. The highest BCUT2D eigenvalue weighted by Crippen LogP contribution is 2.51. The number of rotatable bonds is 2. The Morgan fingerprint density at radius 3 is 2.42 bits per heavy atom. The minimum Gasteiger partial charge on any atom is -0.351 e. The van der Waals surface area contributed by atoms with E-state index in [1.807, 2.05) is 0 Å². The molecule has 0 aromatic carbocycles. The van der Waals surface area contributed by atoms with Gasteiger partial charge in [-0.1, -0.05) is 13.8 Å².